The fourth-order valence-corrected chi connectivity index (χ4v) is 4.11. The van der Waals surface area contributed by atoms with Gasteiger partial charge in [-0.15, -0.1) is 0 Å². The van der Waals surface area contributed by atoms with Crippen molar-refractivity contribution in [2.75, 3.05) is 38.1 Å². The van der Waals surface area contributed by atoms with E-state index in [1.54, 1.807) is 6.07 Å². The third kappa shape index (κ3) is 3.34. The number of nitrogens with zero attached hydrogens (tertiary/aromatic N) is 3. The van der Waals surface area contributed by atoms with Crippen molar-refractivity contribution >= 4 is 22.6 Å². The number of nitrogens with one attached hydrogen (secondary N) is 1. The molecule has 0 unspecified atom stereocenters. The van der Waals surface area contributed by atoms with Gasteiger partial charge in [0.2, 0.25) is 5.58 Å². The Kier molecular flexibility index (Phi) is 4.98. The van der Waals surface area contributed by atoms with Crippen molar-refractivity contribution in [2.24, 2.45) is 0 Å². The van der Waals surface area contributed by atoms with Gasteiger partial charge >= 0.3 is 0 Å². The number of likely N-dealkylation sites (tertiary alicyclic amines) is 1. The number of benzene rings is 1. The molecule has 2 aliphatic rings. The topological polar surface area (TPSA) is 91.1 Å². The summed E-state index contributed by atoms with van der Waals surface area (Å²) in [6.07, 6.45) is -0.135. The van der Waals surface area contributed by atoms with Gasteiger partial charge in [-0.2, -0.15) is 0 Å². The molecular weight excluding hydrogens is 367 g/mol. The normalized spacial score (nSPS) is 23.8. The number of anilines is 1. The van der Waals surface area contributed by atoms with E-state index in [-0.39, 0.29) is 47.2 Å². The molecule has 0 saturated carbocycles. The molecule has 0 spiro atoms. The average molecular weight is 392 g/mol. The van der Waals surface area contributed by atoms with E-state index in [1.807, 2.05) is 25.8 Å². The van der Waals surface area contributed by atoms with Crippen LogP contribution in [0.15, 0.2) is 10.6 Å². The molecule has 9 heteroatoms. The smallest absolute Gasteiger partial charge is 0.274 e. The van der Waals surface area contributed by atoms with E-state index in [4.69, 9.17) is 9.26 Å². The maximum absolute atomic E-state index is 15.4. The molecule has 2 N–H and O–H groups in total. The number of aliphatic hydroxyl groups excluding tert-OH is 1. The van der Waals surface area contributed by atoms with Gasteiger partial charge in [-0.3, -0.25) is 4.79 Å². The van der Waals surface area contributed by atoms with Gasteiger partial charge in [-0.05, 0) is 27.0 Å². The fourth-order valence-electron chi connectivity index (χ4n) is 4.11. The van der Waals surface area contributed by atoms with Crippen LogP contribution in [0.2, 0.25) is 0 Å². The third-order valence-corrected chi connectivity index (χ3v) is 5.28. The molecule has 1 amide bonds. The molecule has 2 atom stereocenters. The predicted molar refractivity (Wildman–Crippen MR) is 101 cm³/mol. The molecule has 1 aromatic carbocycles. The van der Waals surface area contributed by atoms with E-state index >= 15 is 4.39 Å². The molecule has 152 valence electrons. The number of carbonyl (C=O) groups excluding carboxylic acids is 1. The number of morpholine rings is 1. The number of rotatable bonds is 4. The monoisotopic (exact) mass is 392 g/mol. The van der Waals surface area contributed by atoms with E-state index in [0.717, 1.165) is 13.1 Å². The van der Waals surface area contributed by atoms with Crippen LogP contribution in [0.5, 0.6) is 0 Å². The van der Waals surface area contributed by atoms with Crippen LogP contribution >= 0.6 is 0 Å². The van der Waals surface area contributed by atoms with E-state index in [9.17, 15) is 9.90 Å². The SMILES string of the molecule is C[C@@H]1CN(c2c(CO)cc3c(C(=O)NC4CN(C)C4)noc3c2F)C[C@H](C)O1. The van der Waals surface area contributed by atoms with Crippen molar-refractivity contribution in [1.29, 1.82) is 0 Å². The maximum Gasteiger partial charge on any atom is 0.274 e. The Morgan fingerprint density at radius 1 is 1.32 bits per heavy atom. The Morgan fingerprint density at radius 3 is 2.61 bits per heavy atom. The lowest BCUT2D eigenvalue weighted by atomic mass is 10.0. The fraction of sp³-hybridized carbons (Fsp3) is 0.579. The number of hydrogen-bond acceptors (Lipinski definition) is 7. The summed E-state index contributed by atoms with van der Waals surface area (Å²) in [7, 11) is 1.96. The van der Waals surface area contributed by atoms with Gasteiger partial charge in [0.05, 0.1) is 35.9 Å². The molecule has 0 bridgehead atoms. The van der Waals surface area contributed by atoms with Crippen LogP contribution in [0.25, 0.3) is 11.0 Å². The first-order valence-corrected chi connectivity index (χ1v) is 9.48. The van der Waals surface area contributed by atoms with E-state index < -0.39 is 11.7 Å². The van der Waals surface area contributed by atoms with E-state index in [0.29, 0.717) is 18.7 Å². The molecule has 8 nitrogen and oxygen atoms in total. The lowest BCUT2D eigenvalue weighted by Gasteiger charge is -2.37. The molecule has 0 radical (unpaired) electrons. The van der Waals surface area contributed by atoms with Crippen LogP contribution < -0.4 is 10.2 Å². The zero-order valence-electron chi connectivity index (χ0n) is 16.2. The highest BCUT2D eigenvalue weighted by Gasteiger charge is 2.31. The van der Waals surface area contributed by atoms with E-state index in [1.165, 1.54) is 0 Å². The van der Waals surface area contributed by atoms with Crippen molar-refractivity contribution < 1.29 is 23.6 Å². The summed E-state index contributed by atoms with van der Waals surface area (Å²) in [5.41, 5.74) is 0.635. The molecule has 1 aromatic heterocycles. The number of amides is 1. The Labute approximate surface area is 162 Å². The zero-order chi connectivity index (χ0) is 20.0. The third-order valence-electron chi connectivity index (χ3n) is 5.28. The van der Waals surface area contributed by atoms with Gasteiger partial charge in [0, 0.05) is 31.7 Å². The van der Waals surface area contributed by atoms with Gasteiger partial charge in [0.15, 0.2) is 11.5 Å². The highest BCUT2D eigenvalue weighted by Crippen LogP contribution is 2.35. The van der Waals surface area contributed by atoms with Gasteiger partial charge in [0.1, 0.15) is 0 Å². The van der Waals surface area contributed by atoms with Gasteiger partial charge in [0.25, 0.3) is 5.91 Å². The maximum atomic E-state index is 15.4. The van der Waals surface area contributed by atoms with Gasteiger partial charge in [-0.25, -0.2) is 4.39 Å². The second kappa shape index (κ2) is 7.31. The highest BCUT2D eigenvalue weighted by molar-refractivity contribution is 6.05. The number of halogens is 1. The summed E-state index contributed by atoms with van der Waals surface area (Å²) in [4.78, 5) is 16.5. The molecule has 2 aromatic rings. The summed E-state index contributed by atoms with van der Waals surface area (Å²) in [5.74, 6) is -1.01. The molecule has 3 heterocycles. The second-order valence-electron chi connectivity index (χ2n) is 7.82. The minimum atomic E-state index is -0.613. The Morgan fingerprint density at radius 2 is 2.00 bits per heavy atom. The standard InChI is InChI=1S/C19H25FN4O4/c1-10-5-24(6-11(2)27-10)17-12(9-25)4-14-16(22-28-18(14)15(17)20)19(26)21-13-7-23(3)8-13/h4,10-11,13,25H,5-9H2,1-3H3,(H,21,26)/t10-,11+. The quantitative estimate of drug-likeness (QED) is 0.806. The van der Waals surface area contributed by atoms with Crippen molar-refractivity contribution in [2.45, 2.75) is 38.7 Å². The summed E-state index contributed by atoms with van der Waals surface area (Å²) < 4.78 is 26.3. The number of likely N-dealkylation sites (N-methyl/N-ethyl adjacent to an activating group) is 1. The molecule has 2 fully saturated rings. The minimum Gasteiger partial charge on any atom is -0.392 e. The number of hydrogen-bond donors (Lipinski definition) is 2. The number of aliphatic hydroxyl groups is 1. The minimum absolute atomic E-state index is 0.0356. The zero-order valence-corrected chi connectivity index (χ0v) is 16.2. The van der Waals surface area contributed by atoms with Crippen molar-refractivity contribution in [3.63, 3.8) is 0 Å². The predicted octanol–water partition coefficient (Wildman–Crippen LogP) is 1.12. The molecule has 2 saturated heterocycles. The van der Waals surface area contributed by atoms with Gasteiger partial charge in [-0.1, -0.05) is 5.16 Å². The summed E-state index contributed by atoms with van der Waals surface area (Å²) in [5, 5.41) is 16.8. The van der Waals surface area contributed by atoms with Crippen LogP contribution in [0.3, 0.4) is 0 Å². The van der Waals surface area contributed by atoms with Crippen LogP contribution in [0, 0.1) is 5.82 Å². The van der Waals surface area contributed by atoms with Crippen molar-refractivity contribution in [1.82, 2.24) is 15.4 Å². The molecule has 2 aliphatic heterocycles. The first kappa shape index (κ1) is 19.1. The molecule has 4 rings (SSSR count). The Bertz CT molecular complexity index is 886. The number of fused-ring (bicyclic) bond motifs is 1. The molecule has 28 heavy (non-hydrogen) atoms. The van der Waals surface area contributed by atoms with Crippen LogP contribution in [-0.4, -0.2) is 72.5 Å². The second-order valence-corrected chi connectivity index (χ2v) is 7.82. The van der Waals surface area contributed by atoms with Crippen LogP contribution in [0.4, 0.5) is 10.1 Å². The number of aromatic nitrogens is 1. The van der Waals surface area contributed by atoms with Crippen LogP contribution in [0.1, 0.15) is 29.9 Å². The van der Waals surface area contributed by atoms with Gasteiger partial charge < -0.3 is 29.5 Å². The average Bonchev–Trinajstić information content (AvgIpc) is 3.03. The van der Waals surface area contributed by atoms with E-state index in [2.05, 4.69) is 15.4 Å². The Balaban J connectivity index is 1.69. The summed E-state index contributed by atoms with van der Waals surface area (Å²) in [6.45, 7) is 6.00. The lowest BCUT2D eigenvalue weighted by molar-refractivity contribution is -0.00550. The first-order valence-electron chi connectivity index (χ1n) is 9.48. The molecular formula is C19H25FN4O4. The largest absolute Gasteiger partial charge is 0.392 e. The van der Waals surface area contributed by atoms with Crippen molar-refractivity contribution in [3.8, 4) is 0 Å². The Hall–Kier alpha value is -2.23. The van der Waals surface area contributed by atoms with Crippen LogP contribution in [-0.2, 0) is 11.3 Å². The first-order chi connectivity index (χ1) is 13.4. The summed E-state index contributed by atoms with van der Waals surface area (Å²) >= 11 is 0. The van der Waals surface area contributed by atoms with Crippen molar-refractivity contribution in [3.05, 3.63) is 23.1 Å². The lowest BCUT2D eigenvalue weighted by Crippen LogP contribution is -2.57. The highest BCUT2D eigenvalue weighted by atomic mass is 19.1. The molecule has 0 aliphatic carbocycles. The summed E-state index contributed by atoms with van der Waals surface area (Å²) in [6, 6.07) is 1.64. The number of carbonyl (C=O) groups is 1. The number of ether oxygens (including phenoxy) is 1.